The van der Waals surface area contributed by atoms with Gasteiger partial charge in [0.25, 0.3) is 10.2 Å². The fraction of sp³-hybridized carbons (Fsp3) is 0.929. The molecule has 21 heavy (non-hydrogen) atoms. The summed E-state index contributed by atoms with van der Waals surface area (Å²) in [7, 11) is -3.64. The predicted octanol–water partition coefficient (Wildman–Crippen LogP) is 1.43. The standard InChI is InChI=1S/C14H24N2O4S/c17-14(18)13-7-3-4-9-15(13)21(19,20)16-10-8-11-5-1-2-6-12(11)16/h11-13H,1-10H2,(H,17,18). The van der Waals surface area contributed by atoms with E-state index in [1.54, 1.807) is 4.31 Å². The van der Waals surface area contributed by atoms with Crippen LogP contribution >= 0.6 is 0 Å². The molecule has 2 aliphatic heterocycles. The molecule has 6 nitrogen and oxygen atoms in total. The summed E-state index contributed by atoms with van der Waals surface area (Å²) < 4.78 is 28.7. The molecule has 0 aromatic heterocycles. The monoisotopic (exact) mass is 316 g/mol. The number of hydrogen-bond donors (Lipinski definition) is 1. The molecule has 0 spiro atoms. The molecular weight excluding hydrogens is 292 g/mol. The maximum atomic E-state index is 12.9. The summed E-state index contributed by atoms with van der Waals surface area (Å²) in [6.45, 7) is 0.897. The molecule has 2 heterocycles. The first-order valence-electron chi connectivity index (χ1n) is 8.03. The Labute approximate surface area is 126 Å². The lowest BCUT2D eigenvalue weighted by Crippen LogP contribution is -2.54. The quantitative estimate of drug-likeness (QED) is 0.854. The number of rotatable bonds is 3. The Morgan fingerprint density at radius 3 is 2.38 bits per heavy atom. The van der Waals surface area contributed by atoms with Crippen molar-refractivity contribution in [1.29, 1.82) is 0 Å². The van der Waals surface area contributed by atoms with Crippen molar-refractivity contribution < 1.29 is 18.3 Å². The molecule has 120 valence electrons. The van der Waals surface area contributed by atoms with E-state index in [1.165, 1.54) is 10.7 Å². The number of fused-ring (bicyclic) bond motifs is 1. The normalized spacial score (nSPS) is 35.5. The first-order valence-corrected chi connectivity index (χ1v) is 9.43. The largest absolute Gasteiger partial charge is 0.480 e. The minimum atomic E-state index is -3.64. The van der Waals surface area contributed by atoms with Crippen molar-refractivity contribution in [1.82, 2.24) is 8.61 Å². The second kappa shape index (κ2) is 5.85. The van der Waals surface area contributed by atoms with Gasteiger partial charge >= 0.3 is 5.97 Å². The summed E-state index contributed by atoms with van der Waals surface area (Å²) in [6, 6.07) is -0.786. The second-order valence-corrected chi connectivity index (χ2v) is 8.31. The van der Waals surface area contributed by atoms with Crippen LogP contribution in [0.25, 0.3) is 0 Å². The van der Waals surface area contributed by atoms with Gasteiger partial charge in [0.2, 0.25) is 0 Å². The van der Waals surface area contributed by atoms with Gasteiger partial charge in [0.15, 0.2) is 0 Å². The highest BCUT2D eigenvalue weighted by Gasteiger charge is 2.47. The molecule has 3 unspecified atom stereocenters. The fourth-order valence-electron chi connectivity index (χ4n) is 4.21. The van der Waals surface area contributed by atoms with E-state index in [-0.39, 0.29) is 6.04 Å². The van der Waals surface area contributed by atoms with E-state index in [2.05, 4.69) is 0 Å². The van der Waals surface area contributed by atoms with Gasteiger partial charge in [-0.3, -0.25) is 4.79 Å². The van der Waals surface area contributed by atoms with Crippen LogP contribution in [0.4, 0.5) is 0 Å². The van der Waals surface area contributed by atoms with Gasteiger partial charge in [0.05, 0.1) is 0 Å². The fourth-order valence-corrected chi connectivity index (χ4v) is 6.31. The molecule has 1 aliphatic carbocycles. The third kappa shape index (κ3) is 2.71. The third-order valence-electron chi connectivity index (χ3n) is 5.29. The van der Waals surface area contributed by atoms with Crippen molar-refractivity contribution in [2.45, 2.75) is 63.5 Å². The van der Waals surface area contributed by atoms with Crippen LogP contribution in [0.3, 0.4) is 0 Å². The SMILES string of the molecule is O=C(O)C1CCCCN1S(=O)(=O)N1CCC2CCCCC21. The van der Waals surface area contributed by atoms with Crippen molar-refractivity contribution in [3.8, 4) is 0 Å². The number of carboxylic acids is 1. The van der Waals surface area contributed by atoms with E-state index in [1.807, 2.05) is 0 Å². The van der Waals surface area contributed by atoms with Gasteiger partial charge in [-0.05, 0) is 44.4 Å². The molecule has 3 fully saturated rings. The van der Waals surface area contributed by atoms with Gasteiger partial charge in [-0.2, -0.15) is 17.0 Å². The van der Waals surface area contributed by atoms with Crippen LogP contribution in [0.2, 0.25) is 0 Å². The maximum absolute atomic E-state index is 12.9. The van der Waals surface area contributed by atoms with Gasteiger partial charge in [-0.15, -0.1) is 0 Å². The summed E-state index contributed by atoms with van der Waals surface area (Å²) in [4.78, 5) is 11.4. The van der Waals surface area contributed by atoms with Crippen LogP contribution in [0.5, 0.6) is 0 Å². The maximum Gasteiger partial charge on any atom is 0.322 e. The summed E-state index contributed by atoms with van der Waals surface area (Å²) in [5.74, 6) is -0.542. The van der Waals surface area contributed by atoms with E-state index in [0.29, 0.717) is 25.4 Å². The number of hydrogen-bond acceptors (Lipinski definition) is 3. The Bertz CT molecular complexity index is 507. The van der Waals surface area contributed by atoms with E-state index in [0.717, 1.165) is 38.5 Å². The van der Waals surface area contributed by atoms with Crippen LogP contribution < -0.4 is 0 Å². The second-order valence-electron chi connectivity index (χ2n) is 6.48. The van der Waals surface area contributed by atoms with Gasteiger partial charge in [-0.25, -0.2) is 0 Å². The first kappa shape index (κ1) is 15.2. The number of aliphatic carboxylic acids is 1. The minimum absolute atomic E-state index is 0.0973. The van der Waals surface area contributed by atoms with E-state index < -0.39 is 22.2 Å². The molecule has 1 N–H and O–H groups in total. The Kier molecular flexibility index (Phi) is 4.25. The topological polar surface area (TPSA) is 77.9 Å². The Hall–Kier alpha value is -0.660. The summed E-state index contributed by atoms with van der Waals surface area (Å²) >= 11 is 0. The molecule has 3 atom stereocenters. The van der Waals surface area contributed by atoms with Gasteiger partial charge in [-0.1, -0.05) is 12.8 Å². The van der Waals surface area contributed by atoms with Crippen molar-refractivity contribution >= 4 is 16.2 Å². The van der Waals surface area contributed by atoms with E-state index >= 15 is 0 Å². The molecule has 0 radical (unpaired) electrons. The zero-order valence-corrected chi connectivity index (χ0v) is 13.1. The van der Waals surface area contributed by atoms with Crippen molar-refractivity contribution in [3.05, 3.63) is 0 Å². The van der Waals surface area contributed by atoms with E-state index in [4.69, 9.17) is 0 Å². The van der Waals surface area contributed by atoms with Crippen LogP contribution in [0.15, 0.2) is 0 Å². The lowest BCUT2D eigenvalue weighted by molar-refractivity contribution is -0.142. The number of piperidine rings is 1. The van der Waals surface area contributed by atoms with Gasteiger partial charge < -0.3 is 5.11 Å². The van der Waals surface area contributed by atoms with Crippen LogP contribution in [0.1, 0.15) is 51.4 Å². The molecule has 3 aliphatic rings. The predicted molar refractivity (Wildman–Crippen MR) is 78.0 cm³/mol. The van der Waals surface area contributed by atoms with Gasteiger partial charge in [0, 0.05) is 19.1 Å². The highest BCUT2D eigenvalue weighted by atomic mass is 32.2. The van der Waals surface area contributed by atoms with Gasteiger partial charge in [0.1, 0.15) is 6.04 Å². The number of carbonyl (C=O) groups is 1. The molecular formula is C14H24N2O4S. The average molecular weight is 316 g/mol. The van der Waals surface area contributed by atoms with Crippen LogP contribution in [-0.2, 0) is 15.0 Å². The molecule has 0 amide bonds. The van der Waals surface area contributed by atoms with Crippen molar-refractivity contribution in [2.75, 3.05) is 13.1 Å². The van der Waals surface area contributed by atoms with Crippen LogP contribution in [-0.4, -0.2) is 53.3 Å². The Morgan fingerprint density at radius 2 is 1.62 bits per heavy atom. The molecule has 7 heteroatoms. The lowest BCUT2D eigenvalue weighted by Gasteiger charge is -2.38. The zero-order chi connectivity index (χ0) is 15.0. The summed E-state index contributed by atoms with van der Waals surface area (Å²) in [6.07, 6.45) is 7.20. The molecule has 3 rings (SSSR count). The van der Waals surface area contributed by atoms with Crippen LogP contribution in [0, 0.1) is 5.92 Å². The summed E-state index contributed by atoms with van der Waals surface area (Å²) in [5.41, 5.74) is 0. The molecule has 2 saturated heterocycles. The average Bonchev–Trinajstić information content (AvgIpc) is 2.92. The van der Waals surface area contributed by atoms with Crippen molar-refractivity contribution in [2.24, 2.45) is 5.92 Å². The Balaban J connectivity index is 1.83. The number of nitrogens with zero attached hydrogens (tertiary/aromatic N) is 2. The minimum Gasteiger partial charge on any atom is -0.480 e. The molecule has 0 aromatic rings. The highest BCUT2D eigenvalue weighted by molar-refractivity contribution is 7.86. The van der Waals surface area contributed by atoms with E-state index in [9.17, 15) is 18.3 Å². The third-order valence-corrected chi connectivity index (χ3v) is 7.37. The smallest absolute Gasteiger partial charge is 0.322 e. The summed E-state index contributed by atoms with van der Waals surface area (Å²) in [5, 5.41) is 9.32. The first-order chi connectivity index (χ1) is 10.0. The molecule has 0 bridgehead atoms. The number of carboxylic acid groups (broad SMARTS) is 1. The lowest BCUT2D eigenvalue weighted by atomic mass is 9.86. The highest BCUT2D eigenvalue weighted by Crippen LogP contribution is 2.39. The molecule has 1 saturated carbocycles. The molecule has 0 aromatic carbocycles. The van der Waals surface area contributed by atoms with Crippen molar-refractivity contribution in [3.63, 3.8) is 0 Å². The Morgan fingerprint density at radius 1 is 0.905 bits per heavy atom. The zero-order valence-electron chi connectivity index (χ0n) is 12.3.